The lowest BCUT2D eigenvalue weighted by molar-refractivity contribution is -0.136. The molecule has 13 rings (SSSR count). The number of aromatic carboxylic acids is 1. The number of aryl methyl sites for hydroxylation is 5. The van der Waals surface area contributed by atoms with E-state index in [9.17, 15) is 38.4 Å². The quantitative estimate of drug-likeness (QED) is 0.0762. The molecule has 2 N–H and O–H groups in total. The number of aromatic nitrogens is 2. The molecule has 21 heteroatoms. The minimum Gasteiger partial charge on any atom is -0.481 e. The van der Waals surface area contributed by atoms with Crippen LogP contribution in [0.25, 0.3) is 0 Å². The third-order valence-corrected chi connectivity index (χ3v) is 21.8. The van der Waals surface area contributed by atoms with E-state index in [0.717, 1.165) is 164 Å². The number of hydrogen-bond donors (Lipinski definition) is 2. The van der Waals surface area contributed by atoms with Crippen molar-refractivity contribution in [2.24, 2.45) is 24.8 Å². The van der Waals surface area contributed by atoms with Gasteiger partial charge in [-0.25, -0.2) is 14.4 Å². The number of carboxylic acid groups (broad SMARTS) is 2. The number of methoxy groups -OCH3 is 2. The average Bonchev–Trinajstić information content (AvgIpc) is 1.61. The van der Waals surface area contributed by atoms with Crippen LogP contribution >= 0.6 is 0 Å². The summed E-state index contributed by atoms with van der Waals surface area (Å²) < 4.78 is 11.2. The molecule has 5 aromatic carbocycles. The van der Waals surface area contributed by atoms with Crippen molar-refractivity contribution < 1.29 is 58.0 Å². The van der Waals surface area contributed by atoms with Crippen LogP contribution in [0.5, 0.6) is 0 Å². The van der Waals surface area contributed by atoms with Crippen LogP contribution in [0.15, 0.2) is 103 Å². The van der Waals surface area contributed by atoms with Crippen molar-refractivity contribution in [1.82, 2.24) is 39.2 Å². The lowest BCUT2D eigenvalue weighted by atomic mass is 9.85. The highest BCUT2D eigenvalue weighted by Gasteiger charge is 2.31. The number of carbonyl (C=O) groups excluding carboxylic acids is 6. The number of hydrogen-bond acceptors (Lipinski definition) is 14. The van der Waals surface area contributed by atoms with Crippen molar-refractivity contribution in [1.29, 1.82) is 0 Å². The molecule has 0 spiro atoms. The molecule has 3 aliphatic carbocycles. The van der Waals surface area contributed by atoms with Crippen LogP contribution in [0.2, 0.25) is 0 Å². The molecule has 1 aromatic heterocycles. The van der Waals surface area contributed by atoms with Crippen molar-refractivity contribution >= 4 is 53.2 Å². The van der Waals surface area contributed by atoms with Gasteiger partial charge >= 0.3 is 23.9 Å². The fourth-order valence-electron chi connectivity index (χ4n) is 14.5. The summed E-state index contributed by atoms with van der Waals surface area (Å²) in [7, 11) is 4.64. The van der Waals surface area contributed by atoms with Crippen molar-refractivity contribution in [2.45, 2.75) is 124 Å². The van der Waals surface area contributed by atoms with Crippen LogP contribution in [0.1, 0.15) is 161 Å². The molecule has 544 valence electrons. The molecule has 5 heterocycles. The molecule has 4 amide bonds. The molecular weight excluding hydrogens is 1290 g/mol. The molecule has 0 radical (unpaired) electrons. The number of anilines is 1. The van der Waals surface area contributed by atoms with Gasteiger partial charge in [0.1, 0.15) is 0 Å². The zero-order chi connectivity index (χ0) is 72.6. The summed E-state index contributed by atoms with van der Waals surface area (Å²) in [6.45, 7) is 22.4. The number of carboxylic acids is 2. The van der Waals surface area contributed by atoms with Crippen molar-refractivity contribution in [3.05, 3.63) is 187 Å². The Kier molecular flexibility index (Phi) is 26.5. The number of fused-ring (bicyclic) bond motifs is 2. The van der Waals surface area contributed by atoms with E-state index in [-0.39, 0.29) is 41.6 Å². The molecule has 0 bridgehead atoms. The smallest absolute Gasteiger partial charge is 0.337 e. The maximum Gasteiger partial charge on any atom is 0.337 e. The Hall–Kier alpha value is -9.05. The lowest BCUT2D eigenvalue weighted by Gasteiger charge is -2.38. The lowest BCUT2D eigenvalue weighted by Crippen LogP contribution is -2.50. The van der Waals surface area contributed by atoms with E-state index in [1.54, 1.807) is 55.5 Å². The Morgan fingerprint density at radius 2 is 0.814 bits per heavy atom. The second-order valence-corrected chi connectivity index (χ2v) is 28.8. The van der Waals surface area contributed by atoms with Crippen LogP contribution in [0.4, 0.5) is 5.69 Å². The second-order valence-electron chi connectivity index (χ2n) is 28.8. The van der Waals surface area contributed by atoms with E-state index in [0.29, 0.717) is 48.1 Å². The van der Waals surface area contributed by atoms with E-state index >= 15 is 0 Å². The van der Waals surface area contributed by atoms with Gasteiger partial charge in [-0.05, 0) is 189 Å². The van der Waals surface area contributed by atoms with Crippen LogP contribution in [0.3, 0.4) is 0 Å². The van der Waals surface area contributed by atoms with Gasteiger partial charge in [-0.15, -0.1) is 0 Å². The van der Waals surface area contributed by atoms with Gasteiger partial charge < -0.3 is 39.3 Å². The molecule has 4 aliphatic heterocycles. The van der Waals surface area contributed by atoms with Gasteiger partial charge in [0.05, 0.1) is 69.3 Å². The summed E-state index contributed by atoms with van der Waals surface area (Å²) in [5, 5.41) is 22.1. The number of nitrogens with zero attached hydrogens (tertiary/aromatic N) is 9. The Bertz CT molecular complexity index is 3960. The third-order valence-electron chi connectivity index (χ3n) is 21.8. The van der Waals surface area contributed by atoms with E-state index < -0.39 is 17.9 Å². The van der Waals surface area contributed by atoms with Crippen LogP contribution in [-0.4, -0.2) is 209 Å². The molecule has 7 aliphatic rings. The van der Waals surface area contributed by atoms with Gasteiger partial charge in [0.2, 0.25) is 17.7 Å². The Labute approximate surface area is 600 Å². The number of rotatable bonds is 18. The van der Waals surface area contributed by atoms with E-state index in [1.807, 2.05) is 101 Å². The second kappa shape index (κ2) is 35.7. The van der Waals surface area contributed by atoms with E-state index in [1.165, 1.54) is 91.6 Å². The number of carbonyl (C=O) groups is 8. The van der Waals surface area contributed by atoms with Crippen LogP contribution < -0.4 is 4.90 Å². The topological polar surface area (TPSA) is 236 Å². The highest BCUT2D eigenvalue weighted by molar-refractivity contribution is 6.07. The minimum absolute atomic E-state index is 0.0299. The van der Waals surface area contributed by atoms with E-state index in [4.69, 9.17) is 14.9 Å². The number of piperazine rings is 3. The number of esters is 2. The van der Waals surface area contributed by atoms with Gasteiger partial charge in [-0.3, -0.25) is 43.4 Å². The molecule has 3 saturated heterocycles. The molecule has 6 fully saturated rings. The fraction of sp³-hybridized carbons (Fsp3) is 0.494. The third kappa shape index (κ3) is 20.2. The fourth-order valence-corrected chi connectivity index (χ4v) is 14.5. The maximum absolute atomic E-state index is 13.8. The summed E-state index contributed by atoms with van der Waals surface area (Å²) in [5.74, 6) is 0.530. The monoisotopic (exact) mass is 1390 g/mol. The Morgan fingerprint density at radius 3 is 1.18 bits per heavy atom. The zero-order valence-corrected chi connectivity index (χ0v) is 60.8. The average molecular weight is 1390 g/mol. The van der Waals surface area contributed by atoms with Crippen molar-refractivity contribution in [3.63, 3.8) is 0 Å². The Morgan fingerprint density at radius 1 is 0.451 bits per heavy atom. The maximum atomic E-state index is 13.8. The molecule has 102 heavy (non-hydrogen) atoms. The van der Waals surface area contributed by atoms with E-state index in [2.05, 4.69) is 30.6 Å². The zero-order valence-electron chi connectivity index (χ0n) is 60.8. The van der Waals surface area contributed by atoms with Gasteiger partial charge in [0.15, 0.2) is 0 Å². The molecule has 6 aromatic rings. The number of aliphatic carboxylic acids is 1. The van der Waals surface area contributed by atoms with Gasteiger partial charge in [-0.1, -0.05) is 61.7 Å². The summed E-state index contributed by atoms with van der Waals surface area (Å²) in [4.78, 5) is 112. The number of amides is 4. The molecule has 3 saturated carbocycles. The summed E-state index contributed by atoms with van der Waals surface area (Å²) in [6, 6.07) is 29.1. The normalized spacial score (nSPS) is 17.2. The summed E-state index contributed by atoms with van der Waals surface area (Å²) in [5.41, 5.74) is 13.3. The highest BCUT2D eigenvalue weighted by atomic mass is 16.5. The number of ether oxygens (including phenoxy) is 2. The van der Waals surface area contributed by atoms with Gasteiger partial charge in [-0.2, -0.15) is 5.10 Å². The predicted molar refractivity (Wildman–Crippen MR) is 391 cm³/mol. The minimum atomic E-state index is -0.932. The van der Waals surface area contributed by atoms with Crippen molar-refractivity contribution in [3.8, 4) is 0 Å². The van der Waals surface area contributed by atoms with Crippen LogP contribution in [-0.2, 0) is 74.3 Å². The first kappa shape index (κ1) is 75.6. The van der Waals surface area contributed by atoms with Crippen molar-refractivity contribution in [2.75, 3.05) is 117 Å². The first-order valence-corrected chi connectivity index (χ1v) is 36.5. The highest BCUT2D eigenvalue weighted by Crippen LogP contribution is 2.34. The number of benzene rings is 5. The summed E-state index contributed by atoms with van der Waals surface area (Å²) in [6.07, 6.45) is 16.1. The van der Waals surface area contributed by atoms with Crippen LogP contribution in [0, 0.1) is 45.4 Å². The molecule has 21 nitrogen and oxygen atoms in total. The largest absolute Gasteiger partial charge is 0.481 e. The predicted octanol–water partition coefficient (Wildman–Crippen LogP) is 9.82. The molecular formula is C81H103N9O12. The standard InChI is InChI=1S/C31H37N5O2.C20H28N2O3.C19H26N2O3.C11H12O4/c1-22-16-26(11-10-24(22)18-30(37)35-14-12-34(13-15-35)20-23-6-5-7-23)31(38)36-21-27-19-32-33(2)29(27)17-25-8-3-4-9-28(25)36;1-15-12-18(20(24)25-2)7-6-17(15)13-19(23)22-10-8-21(9-11-22)14-16-4-3-5-16;1-14-11-17(19(23)24)6-5-16(14)12-18(22)21-9-7-20(8-10-21)13-15-3-2-4-15;1-7-5-9(11(14)15-2)4-3-8(7)6-10(12)13/h3-4,8-11,16,19,23H,5-7,12-15,17-18,20-21H2,1-2H3;6-7,12,16H,3-5,8-11,13-14H2,1-2H3;5-6,11,15H,2-4,7-10,12-13H2,1H3,(H,23,24);3-5H,6H2,1-2H3,(H,12,13). The van der Waals surface area contributed by atoms with Gasteiger partial charge in [0, 0.05) is 134 Å². The Balaban J connectivity index is 0.000000154. The van der Waals surface area contributed by atoms with Gasteiger partial charge in [0.25, 0.3) is 5.91 Å². The molecule has 0 unspecified atom stereocenters. The SMILES string of the molecule is COC(=O)c1ccc(CC(=O)N2CCN(CC3CCC3)CC2)c(C)c1.COC(=O)c1ccc(CC(=O)O)c(C)c1.Cc1cc(C(=O)N2Cc3cnn(C)c3Cc3ccccc32)ccc1CC(=O)N1CCN(CC2CCC2)CC1.Cc1cc(C(=O)O)ccc1CC(=O)N1CCN(CC2CCC2)CC1. The molecule has 0 atom stereocenters. The first-order chi connectivity index (χ1) is 49.1. The first-order valence-electron chi connectivity index (χ1n) is 36.5. The number of para-hydroxylation sites is 1. The summed E-state index contributed by atoms with van der Waals surface area (Å²) >= 11 is 0.